The van der Waals surface area contributed by atoms with E-state index in [-0.39, 0.29) is 24.3 Å². The Bertz CT molecular complexity index is 1080. The third-order valence-corrected chi connectivity index (χ3v) is 7.51. The van der Waals surface area contributed by atoms with Crippen LogP contribution in [0.25, 0.3) is 0 Å². The first kappa shape index (κ1) is 27.5. The second kappa shape index (κ2) is 12.8. The number of hydrogen-bond acceptors (Lipinski definition) is 5. The SMILES string of the molecule is CCCCNC(=O)CN1CN(c2ccccc2)C2(CCN(C(=O)c3ccc(OCCCC)cc3)CC2)C1=O. The van der Waals surface area contributed by atoms with Crippen LogP contribution in [-0.2, 0) is 9.59 Å². The molecule has 2 aliphatic rings. The van der Waals surface area contributed by atoms with Crippen LogP contribution in [0, 0.1) is 0 Å². The number of unbranched alkanes of at least 4 members (excludes halogenated alkanes) is 2. The van der Waals surface area contributed by atoms with Crippen molar-refractivity contribution in [2.45, 2.75) is 57.9 Å². The summed E-state index contributed by atoms with van der Waals surface area (Å²) in [5, 5.41) is 2.92. The number of ether oxygens (including phenoxy) is 1. The third-order valence-electron chi connectivity index (χ3n) is 7.51. The number of likely N-dealkylation sites (tertiary alicyclic amines) is 1. The Labute approximate surface area is 225 Å². The number of para-hydroxylation sites is 1. The van der Waals surface area contributed by atoms with E-state index in [1.807, 2.05) is 59.5 Å². The van der Waals surface area contributed by atoms with Crippen molar-refractivity contribution in [3.8, 4) is 5.75 Å². The molecular weight excluding hydrogens is 480 g/mol. The predicted octanol–water partition coefficient (Wildman–Crippen LogP) is 4.06. The van der Waals surface area contributed by atoms with Crippen molar-refractivity contribution in [2.75, 3.05) is 44.4 Å². The second-order valence-corrected chi connectivity index (χ2v) is 10.2. The van der Waals surface area contributed by atoms with Gasteiger partial charge in [0.2, 0.25) is 5.91 Å². The fraction of sp³-hybridized carbons (Fsp3) is 0.500. The van der Waals surface area contributed by atoms with E-state index in [0.717, 1.165) is 37.1 Å². The molecule has 2 fully saturated rings. The summed E-state index contributed by atoms with van der Waals surface area (Å²) in [6.07, 6.45) is 5.01. The molecule has 0 aliphatic carbocycles. The summed E-state index contributed by atoms with van der Waals surface area (Å²) < 4.78 is 5.72. The van der Waals surface area contributed by atoms with Gasteiger partial charge < -0.3 is 24.8 Å². The lowest BCUT2D eigenvalue weighted by Crippen LogP contribution is -2.57. The molecule has 2 aliphatic heterocycles. The number of carbonyl (C=O) groups is 3. The maximum Gasteiger partial charge on any atom is 0.253 e. The summed E-state index contributed by atoms with van der Waals surface area (Å²) in [4.78, 5) is 45.2. The van der Waals surface area contributed by atoms with Gasteiger partial charge in [0.1, 0.15) is 17.8 Å². The molecule has 3 amide bonds. The summed E-state index contributed by atoms with van der Waals surface area (Å²) >= 11 is 0. The number of nitrogens with one attached hydrogen (secondary N) is 1. The van der Waals surface area contributed by atoms with E-state index in [1.54, 1.807) is 4.90 Å². The monoisotopic (exact) mass is 520 g/mol. The number of rotatable bonds is 11. The lowest BCUT2D eigenvalue weighted by molar-refractivity contribution is -0.137. The van der Waals surface area contributed by atoms with E-state index in [9.17, 15) is 14.4 Å². The Balaban J connectivity index is 1.44. The molecule has 8 nitrogen and oxygen atoms in total. The van der Waals surface area contributed by atoms with Gasteiger partial charge in [-0.15, -0.1) is 0 Å². The number of amides is 3. The Morgan fingerprint density at radius 1 is 0.947 bits per heavy atom. The average Bonchev–Trinajstić information content (AvgIpc) is 3.20. The van der Waals surface area contributed by atoms with Crippen LogP contribution < -0.4 is 15.0 Å². The Kier molecular flexibility index (Phi) is 9.26. The molecule has 2 aromatic rings. The molecule has 38 heavy (non-hydrogen) atoms. The van der Waals surface area contributed by atoms with E-state index >= 15 is 0 Å². The van der Waals surface area contributed by atoms with Gasteiger partial charge in [0, 0.05) is 30.9 Å². The zero-order valence-electron chi connectivity index (χ0n) is 22.7. The maximum absolute atomic E-state index is 13.8. The molecule has 204 valence electrons. The maximum atomic E-state index is 13.8. The largest absolute Gasteiger partial charge is 0.494 e. The molecular formula is C30H40N4O4. The number of piperidine rings is 1. The zero-order chi connectivity index (χ0) is 27.0. The zero-order valence-corrected chi connectivity index (χ0v) is 22.7. The van der Waals surface area contributed by atoms with Crippen LogP contribution in [0.5, 0.6) is 5.75 Å². The van der Waals surface area contributed by atoms with E-state index in [4.69, 9.17) is 4.74 Å². The van der Waals surface area contributed by atoms with E-state index in [2.05, 4.69) is 24.1 Å². The number of carbonyl (C=O) groups excluding carboxylic acids is 3. The van der Waals surface area contributed by atoms with Crippen LogP contribution in [0.2, 0.25) is 0 Å². The lowest BCUT2D eigenvalue weighted by atomic mass is 9.85. The van der Waals surface area contributed by atoms with Crippen molar-refractivity contribution in [1.29, 1.82) is 0 Å². The van der Waals surface area contributed by atoms with Gasteiger partial charge in [0.15, 0.2) is 0 Å². The minimum absolute atomic E-state index is 0.0346. The van der Waals surface area contributed by atoms with Gasteiger partial charge in [-0.2, -0.15) is 0 Å². The van der Waals surface area contributed by atoms with Crippen molar-refractivity contribution >= 4 is 23.4 Å². The fourth-order valence-corrected chi connectivity index (χ4v) is 5.25. The van der Waals surface area contributed by atoms with Gasteiger partial charge in [0.25, 0.3) is 11.8 Å². The standard InChI is InChI=1S/C30H40N4O4/c1-3-5-18-31-27(35)22-33-23-34(25-10-8-7-9-11-25)30(29(33)37)16-19-32(20-17-30)28(36)24-12-14-26(15-13-24)38-21-6-4-2/h7-15H,3-6,16-23H2,1-2H3,(H,31,35). The summed E-state index contributed by atoms with van der Waals surface area (Å²) in [7, 11) is 0. The Morgan fingerprint density at radius 3 is 2.29 bits per heavy atom. The van der Waals surface area contributed by atoms with Crippen LogP contribution in [0.1, 0.15) is 62.7 Å². The summed E-state index contributed by atoms with van der Waals surface area (Å²) in [6.45, 7) is 6.83. The molecule has 1 N–H and O–H groups in total. The van der Waals surface area contributed by atoms with Crippen LogP contribution in [0.4, 0.5) is 5.69 Å². The highest BCUT2D eigenvalue weighted by Crippen LogP contribution is 2.39. The van der Waals surface area contributed by atoms with Crippen LogP contribution in [-0.4, -0.2) is 72.5 Å². The molecule has 2 aromatic carbocycles. The minimum atomic E-state index is -0.765. The molecule has 0 unspecified atom stereocenters. The van der Waals surface area contributed by atoms with E-state index in [0.29, 0.717) is 51.3 Å². The van der Waals surface area contributed by atoms with Crippen molar-refractivity contribution in [3.05, 3.63) is 60.2 Å². The van der Waals surface area contributed by atoms with E-state index < -0.39 is 5.54 Å². The molecule has 0 radical (unpaired) electrons. The highest BCUT2D eigenvalue weighted by Gasteiger charge is 2.54. The predicted molar refractivity (Wildman–Crippen MR) is 148 cm³/mol. The molecule has 0 aromatic heterocycles. The highest BCUT2D eigenvalue weighted by atomic mass is 16.5. The quantitative estimate of drug-likeness (QED) is 0.452. The number of anilines is 1. The lowest BCUT2D eigenvalue weighted by Gasteiger charge is -2.43. The highest BCUT2D eigenvalue weighted by molar-refractivity contribution is 5.97. The topological polar surface area (TPSA) is 82.2 Å². The molecule has 0 atom stereocenters. The smallest absolute Gasteiger partial charge is 0.253 e. The van der Waals surface area contributed by atoms with Crippen LogP contribution >= 0.6 is 0 Å². The molecule has 0 bridgehead atoms. The molecule has 2 heterocycles. The Morgan fingerprint density at radius 2 is 1.63 bits per heavy atom. The van der Waals surface area contributed by atoms with Crippen LogP contribution in [0.3, 0.4) is 0 Å². The first-order valence-corrected chi connectivity index (χ1v) is 13.9. The van der Waals surface area contributed by atoms with E-state index in [1.165, 1.54) is 0 Å². The van der Waals surface area contributed by atoms with Gasteiger partial charge in [-0.25, -0.2) is 0 Å². The van der Waals surface area contributed by atoms with Crippen molar-refractivity contribution in [3.63, 3.8) is 0 Å². The van der Waals surface area contributed by atoms with Crippen molar-refractivity contribution in [2.24, 2.45) is 0 Å². The van der Waals surface area contributed by atoms with Crippen LogP contribution in [0.15, 0.2) is 54.6 Å². The van der Waals surface area contributed by atoms with Gasteiger partial charge >= 0.3 is 0 Å². The molecule has 0 saturated carbocycles. The van der Waals surface area contributed by atoms with Gasteiger partial charge in [-0.05, 0) is 62.1 Å². The fourth-order valence-electron chi connectivity index (χ4n) is 5.25. The second-order valence-electron chi connectivity index (χ2n) is 10.2. The first-order chi connectivity index (χ1) is 18.5. The summed E-state index contributed by atoms with van der Waals surface area (Å²) in [6, 6.07) is 17.2. The van der Waals surface area contributed by atoms with Gasteiger partial charge in [-0.3, -0.25) is 14.4 Å². The Hall–Kier alpha value is -3.55. The molecule has 2 saturated heterocycles. The van der Waals surface area contributed by atoms with Gasteiger partial charge in [0.05, 0.1) is 13.3 Å². The normalized spacial score (nSPS) is 16.7. The van der Waals surface area contributed by atoms with Crippen molar-refractivity contribution < 1.29 is 19.1 Å². The third kappa shape index (κ3) is 6.11. The number of nitrogens with zero attached hydrogens (tertiary/aromatic N) is 3. The number of benzene rings is 2. The molecule has 8 heteroatoms. The molecule has 1 spiro atoms. The average molecular weight is 521 g/mol. The first-order valence-electron chi connectivity index (χ1n) is 13.9. The summed E-state index contributed by atoms with van der Waals surface area (Å²) in [5.74, 6) is 0.560. The van der Waals surface area contributed by atoms with Crippen molar-refractivity contribution in [1.82, 2.24) is 15.1 Å². The summed E-state index contributed by atoms with van der Waals surface area (Å²) in [5.41, 5.74) is 0.804. The molecule has 4 rings (SSSR count). The minimum Gasteiger partial charge on any atom is -0.494 e. The van der Waals surface area contributed by atoms with Gasteiger partial charge in [-0.1, -0.05) is 44.9 Å². The number of hydrogen-bond donors (Lipinski definition) is 1.